The van der Waals surface area contributed by atoms with Gasteiger partial charge in [0.25, 0.3) is 0 Å². The molecule has 0 bridgehead atoms. The van der Waals surface area contributed by atoms with Crippen molar-refractivity contribution < 1.29 is 17.9 Å². The van der Waals surface area contributed by atoms with Crippen molar-refractivity contribution in [1.82, 2.24) is 15.0 Å². The highest BCUT2D eigenvalue weighted by atomic mass is 32.2. The van der Waals surface area contributed by atoms with Gasteiger partial charge in [0.05, 0.1) is 4.90 Å². The molecule has 0 saturated heterocycles. The van der Waals surface area contributed by atoms with Crippen LogP contribution in [-0.4, -0.2) is 23.4 Å². The molecule has 0 spiro atoms. The van der Waals surface area contributed by atoms with E-state index in [4.69, 9.17) is 14.6 Å². The first-order valence-corrected chi connectivity index (χ1v) is 11.1. The van der Waals surface area contributed by atoms with Gasteiger partial charge in [-0.05, 0) is 42.0 Å². The molecular weight excluding hydrogens is 430 g/mol. The number of aromatic nitrogens is 3. The molecule has 10 heteroatoms. The Labute approximate surface area is 185 Å². The van der Waals surface area contributed by atoms with E-state index in [-0.39, 0.29) is 22.9 Å². The molecule has 3 aromatic carbocycles. The van der Waals surface area contributed by atoms with E-state index in [9.17, 15) is 8.42 Å². The molecule has 162 valence electrons. The predicted molar refractivity (Wildman–Crippen MR) is 118 cm³/mol. The second kappa shape index (κ2) is 9.41. The number of sulfonamides is 1. The molecule has 1 heterocycles. The number of para-hydroxylation sites is 2. The summed E-state index contributed by atoms with van der Waals surface area (Å²) in [6.45, 7) is 0.324. The lowest BCUT2D eigenvalue weighted by Crippen LogP contribution is -2.12. The van der Waals surface area contributed by atoms with E-state index >= 15 is 0 Å². The van der Waals surface area contributed by atoms with Crippen LogP contribution < -0.4 is 19.9 Å². The molecule has 0 saturated carbocycles. The molecule has 0 atom stereocenters. The van der Waals surface area contributed by atoms with E-state index in [0.717, 1.165) is 5.56 Å². The highest BCUT2D eigenvalue weighted by molar-refractivity contribution is 7.89. The van der Waals surface area contributed by atoms with Gasteiger partial charge in [-0.1, -0.05) is 48.5 Å². The molecule has 0 fully saturated rings. The number of hydrogen-bond acceptors (Lipinski definition) is 8. The first kappa shape index (κ1) is 21.2. The number of anilines is 1. The molecule has 0 aliphatic rings. The largest absolute Gasteiger partial charge is 0.424 e. The fourth-order valence-electron chi connectivity index (χ4n) is 2.67. The van der Waals surface area contributed by atoms with Crippen LogP contribution in [0.15, 0.2) is 89.8 Å². The molecule has 0 unspecified atom stereocenters. The second-order valence-electron chi connectivity index (χ2n) is 6.60. The van der Waals surface area contributed by atoms with E-state index < -0.39 is 10.0 Å². The van der Waals surface area contributed by atoms with Gasteiger partial charge in [0.2, 0.25) is 16.0 Å². The van der Waals surface area contributed by atoms with Crippen molar-refractivity contribution in [2.24, 2.45) is 5.14 Å². The Kier molecular flexibility index (Phi) is 6.24. The van der Waals surface area contributed by atoms with Gasteiger partial charge in [-0.15, -0.1) is 4.98 Å². The summed E-state index contributed by atoms with van der Waals surface area (Å²) in [7, 11) is -3.74. The van der Waals surface area contributed by atoms with Gasteiger partial charge in [-0.2, -0.15) is 9.97 Å². The third kappa shape index (κ3) is 5.78. The van der Waals surface area contributed by atoms with E-state index in [2.05, 4.69) is 20.3 Å². The second-order valence-corrected chi connectivity index (χ2v) is 8.16. The highest BCUT2D eigenvalue weighted by Crippen LogP contribution is 2.23. The minimum absolute atomic E-state index is 0.0403. The molecule has 0 amide bonds. The fraction of sp³-hybridized carbons (Fsp3) is 0.0455. The lowest BCUT2D eigenvalue weighted by molar-refractivity contribution is 0.398. The minimum Gasteiger partial charge on any atom is -0.424 e. The Bertz CT molecular complexity index is 1230. The van der Waals surface area contributed by atoms with Crippen LogP contribution in [0.5, 0.6) is 23.5 Å². The van der Waals surface area contributed by atoms with Crippen LogP contribution >= 0.6 is 0 Å². The summed E-state index contributed by atoms with van der Waals surface area (Å²) in [5.74, 6) is 1.36. The maximum Gasteiger partial charge on any atom is 0.330 e. The molecule has 32 heavy (non-hydrogen) atoms. The third-order valence-electron chi connectivity index (χ3n) is 4.20. The lowest BCUT2D eigenvalue weighted by Gasteiger charge is -2.10. The number of nitrogens with zero attached hydrogens (tertiary/aromatic N) is 3. The number of rotatable bonds is 8. The SMILES string of the molecule is NS(=O)(=O)c1ccc(CNc2nc(Oc3ccccc3)nc(Oc3ccccc3)n2)cc1. The van der Waals surface area contributed by atoms with Gasteiger partial charge in [0.1, 0.15) is 11.5 Å². The fourth-order valence-corrected chi connectivity index (χ4v) is 3.19. The number of benzene rings is 3. The Hall–Kier alpha value is -4.02. The van der Waals surface area contributed by atoms with Gasteiger partial charge in [0.15, 0.2) is 0 Å². The van der Waals surface area contributed by atoms with Crippen LogP contribution in [0, 0.1) is 0 Å². The Morgan fingerprint density at radius 3 is 1.69 bits per heavy atom. The van der Waals surface area contributed by atoms with Gasteiger partial charge >= 0.3 is 12.0 Å². The minimum atomic E-state index is -3.74. The van der Waals surface area contributed by atoms with Gasteiger partial charge in [-0.25, -0.2) is 13.6 Å². The van der Waals surface area contributed by atoms with Crippen LogP contribution in [0.2, 0.25) is 0 Å². The van der Waals surface area contributed by atoms with Crippen molar-refractivity contribution in [2.75, 3.05) is 5.32 Å². The molecule has 1 aromatic heterocycles. The van der Waals surface area contributed by atoms with E-state index in [0.29, 0.717) is 18.0 Å². The standard InChI is InChI=1S/C22H19N5O4S/c23-32(28,29)19-13-11-16(12-14-19)15-24-20-25-21(30-17-7-3-1-4-8-17)27-22(26-20)31-18-9-5-2-6-10-18/h1-14H,15H2,(H2,23,28,29)(H,24,25,26,27). The summed E-state index contributed by atoms with van der Waals surface area (Å²) in [5, 5.41) is 8.20. The highest BCUT2D eigenvalue weighted by Gasteiger charge is 2.12. The van der Waals surface area contributed by atoms with E-state index in [1.54, 1.807) is 36.4 Å². The molecule has 9 nitrogen and oxygen atoms in total. The topological polar surface area (TPSA) is 129 Å². The maximum atomic E-state index is 11.4. The zero-order valence-electron chi connectivity index (χ0n) is 16.8. The number of hydrogen-bond donors (Lipinski definition) is 2. The number of nitrogens with one attached hydrogen (secondary N) is 1. The maximum absolute atomic E-state index is 11.4. The van der Waals surface area contributed by atoms with Crippen LogP contribution in [0.3, 0.4) is 0 Å². The van der Waals surface area contributed by atoms with Crippen molar-refractivity contribution in [3.8, 4) is 23.5 Å². The average Bonchev–Trinajstić information content (AvgIpc) is 2.79. The van der Waals surface area contributed by atoms with Crippen molar-refractivity contribution in [2.45, 2.75) is 11.4 Å². The molecule has 0 aliphatic heterocycles. The summed E-state index contributed by atoms with van der Waals surface area (Å²) >= 11 is 0. The molecule has 4 rings (SSSR count). The monoisotopic (exact) mass is 449 g/mol. The average molecular weight is 449 g/mol. The zero-order chi connectivity index (χ0) is 22.4. The van der Waals surface area contributed by atoms with Gasteiger partial charge in [-0.3, -0.25) is 0 Å². The summed E-state index contributed by atoms with van der Waals surface area (Å²) in [6.07, 6.45) is 0. The number of nitrogens with two attached hydrogens (primary N) is 1. The molecule has 4 aromatic rings. The Balaban J connectivity index is 1.55. The van der Waals surface area contributed by atoms with E-state index in [1.165, 1.54) is 12.1 Å². The third-order valence-corrected chi connectivity index (χ3v) is 5.13. The summed E-state index contributed by atoms with van der Waals surface area (Å²) < 4.78 is 34.3. The van der Waals surface area contributed by atoms with Gasteiger partial charge in [0, 0.05) is 6.54 Å². The zero-order valence-corrected chi connectivity index (χ0v) is 17.6. The van der Waals surface area contributed by atoms with E-state index in [1.807, 2.05) is 36.4 Å². The Morgan fingerprint density at radius 1 is 0.719 bits per heavy atom. The normalized spacial score (nSPS) is 11.0. The molecule has 3 N–H and O–H groups in total. The van der Waals surface area contributed by atoms with Crippen LogP contribution in [0.4, 0.5) is 5.95 Å². The molecule has 0 aliphatic carbocycles. The Morgan fingerprint density at radius 2 is 1.22 bits per heavy atom. The predicted octanol–water partition coefficient (Wildman–Crippen LogP) is 3.72. The molecule has 0 radical (unpaired) electrons. The first-order valence-electron chi connectivity index (χ1n) is 9.53. The summed E-state index contributed by atoms with van der Waals surface area (Å²) in [5.41, 5.74) is 0.800. The van der Waals surface area contributed by atoms with Crippen molar-refractivity contribution in [3.05, 3.63) is 90.5 Å². The first-order chi connectivity index (χ1) is 15.5. The van der Waals surface area contributed by atoms with Crippen LogP contribution in [-0.2, 0) is 16.6 Å². The lowest BCUT2D eigenvalue weighted by atomic mass is 10.2. The van der Waals surface area contributed by atoms with Gasteiger partial charge < -0.3 is 14.8 Å². The molecular formula is C22H19N5O4S. The summed E-state index contributed by atoms with van der Waals surface area (Å²) in [6, 6.07) is 24.5. The van der Waals surface area contributed by atoms with Crippen molar-refractivity contribution in [3.63, 3.8) is 0 Å². The van der Waals surface area contributed by atoms with Crippen molar-refractivity contribution in [1.29, 1.82) is 0 Å². The van der Waals surface area contributed by atoms with Crippen LogP contribution in [0.1, 0.15) is 5.56 Å². The quantitative estimate of drug-likeness (QED) is 0.416. The van der Waals surface area contributed by atoms with Crippen LogP contribution in [0.25, 0.3) is 0 Å². The number of ether oxygens (including phenoxy) is 2. The number of primary sulfonamides is 1. The summed E-state index contributed by atoms with van der Waals surface area (Å²) in [4.78, 5) is 12.9. The smallest absolute Gasteiger partial charge is 0.330 e. The van der Waals surface area contributed by atoms with Crippen molar-refractivity contribution >= 4 is 16.0 Å².